The van der Waals surface area contributed by atoms with Crippen molar-refractivity contribution in [1.29, 1.82) is 0 Å². The van der Waals surface area contributed by atoms with Crippen LogP contribution in [0.4, 0.5) is 10.5 Å². The second kappa shape index (κ2) is 8.13. The Morgan fingerprint density at radius 2 is 1.96 bits per heavy atom. The minimum Gasteiger partial charge on any atom is -0.324 e. The van der Waals surface area contributed by atoms with Crippen molar-refractivity contribution in [1.82, 2.24) is 9.80 Å². The van der Waals surface area contributed by atoms with Crippen molar-refractivity contribution in [2.24, 2.45) is 5.92 Å². The monoisotopic (exact) mass is 363 g/mol. The topological polar surface area (TPSA) is 35.6 Å². The van der Waals surface area contributed by atoms with E-state index in [1.165, 1.54) is 17.5 Å². The molecule has 4 heteroatoms. The van der Waals surface area contributed by atoms with E-state index >= 15 is 0 Å². The van der Waals surface area contributed by atoms with Gasteiger partial charge in [-0.1, -0.05) is 36.4 Å². The van der Waals surface area contributed by atoms with Crippen molar-refractivity contribution < 1.29 is 4.79 Å². The van der Waals surface area contributed by atoms with Crippen LogP contribution < -0.4 is 5.32 Å². The van der Waals surface area contributed by atoms with Crippen LogP contribution in [0, 0.1) is 12.8 Å². The fraction of sp³-hybridized carbons (Fsp3) is 0.435. The maximum absolute atomic E-state index is 12.7. The Morgan fingerprint density at radius 1 is 1.11 bits per heavy atom. The maximum Gasteiger partial charge on any atom is 0.321 e. The molecule has 1 N–H and O–H groups in total. The number of likely N-dealkylation sites (tertiary alicyclic amines) is 1. The zero-order valence-corrected chi connectivity index (χ0v) is 16.2. The molecule has 0 aliphatic carbocycles. The fourth-order valence-electron chi connectivity index (χ4n) is 4.40. The number of nitrogens with one attached hydrogen (secondary N) is 1. The second-order valence-corrected chi connectivity index (χ2v) is 8.01. The molecule has 2 aromatic rings. The van der Waals surface area contributed by atoms with E-state index in [9.17, 15) is 4.79 Å². The van der Waals surface area contributed by atoms with E-state index in [1.807, 2.05) is 36.1 Å². The molecule has 4 nitrogen and oxygen atoms in total. The van der Waals surface area contributed by atoms with Crippen LogP contribution in [0.1, 0.15) is 29.5 Å². The van der Waals surface area contributed by atoms with Gasteiger partial charge in [-0.2, -0.15) is 0 Å². The first-order chi connectivity index (χ1) is 13.2. The summed E-state index contributed by atoms with van der Waals surface area (Å²) in [6.07, 6.45) is 3.45. The molecule has 1 saturated heterocycles. The Kier molecular flexibility index (Phi) is 5.44. The highest BCUT2D eigenvalue weighted by atomic mass is 16.2. The Bertz CT molecular complexity index is 804. The molecule has 2 aromatic carbocycles. The predicted molar refractivity (Wildman–Crippen MR) is 110 cm³/mol. The summed E-state index contributed by atoms with van der Waals surface area (Å²) < 4.78 is 0. The third-order valence-corrected chi connectivity index (χ3v) is 5.80. The van der Waals surface area contributed by atoms with E-state index < -0.39 is 0 Å². The first-order valence-corrected chi connectivity index (χ1v) is 10.1. The van der Waals surface area contributed by atoms with Crippen molar-refractivity contribution in [2.45, 2.75) is 32.7 Å². The highest BCUT2D eigenvalue weighted by Crippen LogP contribution is 2.23. The van der Waals surface area contributed by atoms with Crippen molar-refractivity contribution >= 4 is 11.7 Å². The number of piperidine rings is 1. The van der Waals surface area contributed by atoms with Crippen LogP contribution in [-0.2, 0) is 13.0 Å². The van der Waals surface area contributed by atoms with Gasteiger partial charge in [0.25, 0.3) is 0 Å². The standard InChI is InChI=1S/C23H29N3O/c1-18-6-4-10-22(14-18)24-23(27)26-12-5-7-19(16-26)15-25-13-11-20-8-2-3-9-21(20)17-25/h2-4,6,8-10,14,19H,5,7,11-13,15-17H2,1H3,(H,24,27). The van der Waals surface area contributed by atoms with Gasteiger partial charge >= 0.3 is 6.03 Å². The number of amides is 2. The van der Waals surface area contributed by atoms with E-state index in [0.717, 1.165) is 56.8 Å². The molecule has 0 bridgehead atoms. The van der Waals surface area contributed by atoms with E-state index in [1.54, 1.807) is 0 Å². The summed E-state index contributed by atoms with van der Waals surface area (Å²) in [5.41, 5.74) is 5.01. The number of benzene rings is 2. The van der Waals surface area contributed by atoms with Gasteiger partial charge in [-0.3, -0.25) is 4.90 Å². The van der Waals surface area contributed by atoms with Crippen LogP contribution in [0.15, 0.2) is 48.5 Å². The number of hydrogen-bond acceptors (Lipinski definition) is 2. The molecule has 4 rings (SSSR count). The zero-order chi connectivity index (χ0) is 18.6. The first-order valence-electron chi connectivity index (χ1n) is 10.1. The molecule has 1 atom stereocenters. The average molecular weight is 364 g/mol. The number of carbonyl (C=O) groups is 1. The Labute approximate surface area is 162 Å². The highest BCUT2D eigenvalue weighted by Gasteiger charge is 2.26. The lowest BCUT2D eigenvalue weighted by atomic mass is 9.95. The Hall–Kier alpha value is -2.33. The lowest BCUT2D eigenvalue weighted by Crippen LogP contribution is -2.46. The zero-order valence-electron chi connectivity index (χ0n) is 16.2. The lowest BCUT2D eigenvalue weighted by Gasteiger charge is -2.37. The number of rotatable bonds is 3. The minimum absolute atomic E-state index is 0.0364. The van der Waals surface area contributed by atoms with Crippen LogP contribution in [0.25, 0.3) is 0 Å². The van der Waals surface area contributed by atoms with Crippen LogP contribution in [0.2, 0.25) is 0 Å². The highest BCUT2D eigenvalue weighted by molar-refractivity contribution is 5.89. The van der Waals surface area contributed by atoms with E-state index in [2.05, 4.69) is 34.5 Å². The van der Waals surface area contributed by atoms with Crippen molar-refractivity contribution in [2.75, 3.05) is 31.5 Å². The van der Waals surface area contributed by atoms with Gasteiger partial charge in [0.1, 0.15) is 0 Å². The molecule has 2 amide bonds. The molecule has 142 valence electrons. The summed E-state index contributed by atoms with van der Waals surface area (Å²) >= 11 is 0. The summed E-state index contributed by atoms with van der Waals surface area (Å²) in [5, 5.41) is 3.06. The van der Waals surface area contributed by atoms with E-state index in [4.69, 9.17) is 0 Å². The van der Waals surface area contributed by atoms with Crippen LogP contribution in [-0.4, -0.2) is 42.0 Å². The lowest BCUT2D eigenvalue weighted by molar-refractivity contribution is 0.140. The molecule has 0 spiro atoms. The molecule has 1 unspecified atom stereocenters. The van der Waals surface area contributed by atoms with Gasteiger partial charge in [-0.15, -0.1) is 0 Å². The summed E-state index contributed by atoms with van der Waals surface area (Å²) in [7, 11) is 0. The van der Waals surface area contributed by atoms with Crippen molar-refractivity contribution in [3.8, 4) is 0 Å². The molecular formula is C23H29N3O. The Morgan fingerprint density at radius 3 is 2.81 bits per heavy atom. The molecule has 2 heterocycles. The van der Waals surface area contributed by atoms with Crippen LogP contribution in [0.5, 0.6) is 0 Å². The molecule has 0 radical (unpaired) electrons. The number of aryl methyl sites for hydroxylation is 1. The summed E-state index contributed by atoms with van der Waals surface area (Å²) in [5.74, 6) is 0.562. The third-order valence-electron chi connectivity index (χ3n) is 5.80. The number of anilines is 1. The minimum atomic E-state index is 0.0364. The molecule has 2 aliphatic heterocycles. The van der Waals surface area contributed by atoms with E-state index in [-0.39, 0.29) is 6.03 Å². The molecule has 1 fully saturated rings. The second-order valence-electron chi connectivity index (χ2n) is 8.01. The first kappa shape index (κ1) is 18.1. The van der Waals surface area contributed by atoms with Gasteiger partial charge in [-0.25, -0.2) is 4.79 Å². The number of hydrogen-bond donors (Lipinski definition) is 1. The van der Waals surface area contributed by atoms with Gasteiger partial charge in [0.15, 0.2) is 0 Å². The predicted octanol–water partition coefficient (Wildman–Crippen LogP) is 4.30. The number of nitrogens with zero attached hydrogens (tertiary/aromatic N) is 2. The Balaban J connectivity index is 1.32. The van der Waals surface area contributed by atoms with Gasteiger partial charge in [0, 0.05) is 38.4 Å². The molecular weight excluding hydrogens is 334 g/mol. The summed E-state index contributed by atoms with van der Waals surface area (Å²) in [4.78, 5) is 17.2. The quantitative estimate of drug-likeness (QED) is 0.883. The van der Waals surface area contributed by atoms with Crippen molar-refractivity contribution in [3.63, 3.8) is 0 Å². The van der Waals surface area contributed by atoms with E-state index in [0.29, 0.717) is 5.92 Å². The van der Waals surface area contributed by atoms with Crippen LogP contribution in [0.3, 0.4) is 0 Å². The number of urea groups is 1. The largest absolute Gasteiger partial charge is 0.324 e. The summed E-state index contributed by atoms with van der Waals surface area (Å²) in [6, 6.07) is 16.8. The smallest absolute Gasteiger partial charge is 0.321 e. The summed E-state index contributed by atoms with van der Waals surface area (Å²) in [6.45, 7) is 7.02. The fourth-order valence-corrected chi connectivity index (χ4v) is 4.40. The third kappa shape index (κ3) is 4.51. The molecule has 0 saturated carbocycles. The SMILES string of the molecule is Cc1cccc(NC(=O)N2CCCC(CN3CCc4ccccc4C3)C2)c1. The van der Waals surface area contributed by atoms with Gasteiger partial charge < -0.3 is 10.2 Å². The maximum atomic E-state index is 12.7. The van der Waals surface area contributed by atoms with Gasteiger partial charge in [0.05, 0.1) is 0 Å². The molecule has 0 aromatic heterocycles. The normalized spacial score (nSPS) is 20.2. The van der Waals surface area contributed by atoms with Gasteiger partial charge in [0.2, 0.25) is 0 Å². The molecule has 27 heavy (non-hydrogen) atoms. The number of fused-ring (bicyclic) bond motifs is 1. The van der Waals surface area contributed by atoms with Crippen molar-refractivity contribution in [3.05, 3.63) is 65.2 Å². The molecule has 2 aliphatic rings. The average Bonchev–Trinajstić information content (AvgIpc) is 2.68. The number of carbonyl (C=O) groups excluding carboxylic acids is 1. The van der Waals surface area contributed by atoms with Crippen LogP contribution >= 0.6 is 0 Å². The van der Waals surface area contributed by atoms with Gasteiger partial charge in [-0.05, 0) is 60.9 Å².